The van der Waals surface area contributed by atoms with Crippen molar-refractivity contribution in [3.8, 4) is 11.5 Å². The van der Waals surface area contributed by atoms with Crippen LogP contribution in [0.5, 0.6) is 11.5 Å². The molecule has 0 saturated carbocycles. The molecule has 0 heterocycles. The van der Waals surface area contributed by atoms with Gasteiger partial charge in [-0.2, -0.15) is 5.10 Å². The maximum Gasteiger partial charge on any atom is 0.277 e. The Labute approximate surface area is 171 Å². The number of hydrogen-bond donors (Lipinski definition) is 1. The summed E-state index contributed by atoms with van der Waals surface area (Å²) in [6.07, 6.45) is 1.63. The van der Waals surface area contributed by atoms with Gasteiger partial charge in [0.15, 0.2) is 6.61 Å². The summed E-state index contributed by atoms with van der Waals surface area (Å²) in [6.45, 7) is 6.10. The molecule has 3 rings (SSSR count). The number of carbonyl (C=O) groups excluding carboxylic acids is 1. The van der Waals surface area contributed by atoms with Crippen LogP contribution >= 0.6 is 0 Å². The van der Waals surface area contributed by atoms with Gasteiger partial charge >= 0.3 is 0 Å². The fourth-order valence-corrected chi connectivity index (χ4v) is 3.18. The van der Waals surface area contributed by atoms with Crippen LogP contribution in [0.15, 0.2) is 59.7 Å². The number of carbonyl (C=O) groups is 1. The molecule has 0 atom stereocenters. The fourth-order valence-electron chi connectivity index (χ4n) is 3.18. The molecule has 1 N–H and O–H groups in total. The lowest BCUT2D eigenvalue weighted by Crippen LogP contribution is -2.25. The highest BCUT2D eigenvalue weighted by molar-refractivity contribution is 6.02. The van der Waals surface area contributed by atoms with E-state index in [0.29, 0.717) is 5.92 Å². The molecule has 0 unspecified atom stereocenters. The molecule has 1 amide bonds. The third kappa shape index (κ3) is 4.93. The van der Waals surface area contributed by atoms with Crippen LogP contribution in [0.2, 0.25) is 0 Å². The van der Waals surface area contributed by atoms with Gasteiger partial charge in [0, 0.05) is 10.9 Å². The molecule has 5 nitrogen and oxygen atoms in total. The Balaban J connectivity index is 1.66. The van der Waals surface area contributed by atoms with E-state index in [1.165, 1.54) is 0 Å². The fraction of sp³-hybridized carbons (Fsp3) is 0.250. The highest BCUT2D eigenvalue weighted by atomic mass is 16.5. The van der Waals surface area contributed by atoms with Crippen LogP contribution in [-0.4, -0.2) is 25.8 Å². The van der Waals surface area contributed by atoms with Crippen LogP contribution < -0.4 is 14.9 Å². The molecule has 0 aromatic heterocycles. The molecule has 0 radical (unpaired) electrons. The van der Waals surface area contributed by atoms with E-state index in [-0.39, 0.29) is 12.5 Å². The maximum absolute atomic E-state index is 12.2. The van der Waals surface area contributed by atoms with Crippen molar-refractivity contribution < 1.29 is 14.3 Å². The molecule has 5 heteroatoms. The summed E-state index contributed by atoms with van der Waals surface area (Å²) in [5.74, 6) is 1.54. The van der Waals surface area contributed by atoms with Crippen molar-refractivity contribution >= 4 is 22.9 Å². The summed E-state index contributed by atoms with van der Waals surface area (Å²) in [4.78, 5) is 12.2. The zero-order chi connectivity index (χ0) is 20.8. The zero-order valence-corrected chi connectivity index (χ0v) is 17.2. The van der Waals surface area contributed by atoms with Gasteiger partial charge in [0.2, 0.25) is 0 Å². The maximum atomic E-state index is 12.2. The van der Waals surface area contributed by atoms with Crippen molar-refractivity contribution in [3.63, 3.8) is 0 Å². The minimum atomic E-state index is -0.310. The number of aryl methyl sites for hydroxylation is 1. The van der Waals surface area contributed by atoms with Gasteiger partial charge in [0.25, 0.3) is 5.91 Å². The first-order chi connectivity index (χ1) is 14.0. The van der Waals surface area contributed by atoms with Crippen molar-refractivity contribution in [1.82, 2.24) is 5.43 Å². The molecule has 0 aliphatic heterocycles. The van der Waals surface area contributed by atoms with E-state index in [4.69, 9.17) is 9.47 Å². The molecular formula is C24H26N2O3. The lowest BCUT2D eigenvalue weighted by Gasteiger charge is -2.14. The number of hydrogen-bond acceptors (Lipinski definition) is 4. The SMILES string of the molecule is COc1ccc(C=NNC(=O)COc2cc(C)ccc2C(C)C)c2ccccc12. The number of methoxy groups -OCH3 is 1. The van der Waals surface area contributed by atoms with Crippen molar-refractivity contribution in [1.29, 1.82) is 0 Å². The summed E-state index contributed by atoms with van der Waals surface area (Å²) in [6, 6.07) is 17.7. The van der Waals surface area contributed by atoms with Crippen molar-refractivity contribution in [3.05, 3.63) is 71.3 Å². The van der Waals surface area contributed by atoms with E-state index in [0.717, 1.165) is 39.0 Å². The Kier molecular flexibility index (Phi) is 6.50. The number of nitrogens with zero attached hydrogens (tertiary/aromatic N) is 1. The van der Waals surface area contributed by atoms with E-state index >= 15 is 0 Å². The number of amides is 1. The Bertz CT molecular complexity index is 1040. The van der Waals surface area contributed by atoms with Crippen LogP contribution in [0, 0.1) is 6.92 Å². The minimum absolute atomic E-state index is 0.0934. The summed E-state index contributed by atoms with van der Waals surface area (Å²) in [7, 11) is 1.65. The van der Waals surface area contributed by atoms with E-state index in [2.05, 4.69) is 24.4 Å². The van der Waals surface area contributed by atoms with Crippen LogP contribution in [0.3, 0.4) is 0 Å². The molecule has 3 aromatic rings. The lowest BCUT2D eigenvalue weighted by molar-refractivity contribution is -0.123. The van der Waals surface area contributed by atoms with Crippen molar-refractivity contribution in [2.75, 3.05) is 13.7 Å². The van der Waals surface area contributed by atoms with Crippen LogP contribution in [-0.2, 0) is 4.79 Å². The second-order valence-electron chi connectivity index (χ2n) is 7.18. The van der Waals surface area contributed by atoms with Gasteiger partial charge in [-0.05, 0) is 47.6 Å². The first-order valence-electron chi connectivity index (χ1n) is 9.60. The van der Waals surface area contributed by atoms with Gasteiger partial charge in [-0.25, -0.2) is 5.43 Å². The van der Waals surface area contributed by atoms with Gasteiger partial charge in [0.05, 0.1) is 13.3 Å². The summed E-state index contributed by atoms with van der Waals surface area (Å²) in [5, 5.41) is 6.09. The first kappa shape index (κ1) is 20.4. The number of hydrazone groups is 1. The van der Waals surface area contributed by atoms with E-state index in [1.54, 1.807) is 13.3 Å². The molecule has 3 aromatic carbocycles. The summed E-state index contributed by atoms with van der Waals surface area (Å²) < 4.78 is 11.1. The number of fused-ring (bicyclic) bond motifs is 1. The van der Waals surface area contributed by atoms with Gasteiger partial charge in [0.1, 0.15) is 11.5 Å². The first-order valence-corrected chi connectivity index (χ1v) is 9.60. The molecular weight excluding hydrogens is 364 g/mol. The normalized spacial score (nSPS) is 11.2. The van der Waals surface area contributed by atoms with Gasteiger partial charge < -0.3 is 9.47 Å². The largest absolute Gasteiger partial charge is 0.496 e. The van der Waals surface area contributed by atoms with Crippen LogP contribution in [0.4, 0.5) is 0 Å². The smallest absolute Gasteiger partial charge is 0.277 e. The quantitative estimate of drug-likeness (QED) is 0.465. The molecule has 0 fully saturated rings. The Morgan fingerprint density at radius 3 is 2.55 bits per heavy atom. The van der Waals surface area contributed by atoms with Crippen LogP contribution in [0.1, 0.15) is 36.5 Å². The number of benzene rings is 3. The number of nitrogens with one attached hydrogen (secondary N) is 1. The van der Waals surface area contributed by atoms with Crippen molar-refractivity contribution in [2.24, 2.45) is 5.10 Å². The van der Waals surface area contributed by atoms with E-state index in [1.807, 2.05) is 61.5 Å². The summed E-state index contributed by atoms with van der Waals surface area (Å²) in [5.41, 5.74) is 5.60. The second kappa shape index (κ2) is 9.24. The predicted octanol–water partition coefficient (Wildman–Crippen LogP) is 4.81. The lowest BCUT2D eigenvalue weighted by atomic mass is 10.0. The average molecular weight is 390 g/mol. The number of ether oxygens (including phenoxy) is 2. The van der Waals surface area contributed by atoms with E-state index < -0.39 is 0 Å². The summed E-state index contributed by atoms with van der Waals surface area (Å²) >= 11 is 0. The zero-order valence-electron chi connectivity index (χ0n) is 17.2. The average Bonchev–Trinajstić information content (AvgIpc) is 2.72. The molecule has 0 spiro atoms. The molecule has 29 heavy (non-hydrogen) atoms. The number of rotatable bonds is 7. The highest BCUT2D eigenvalue weighted by Gasteiger charge is 2.10. The Morgan fingerprint density at radius 2 is 1.83 bits per heavy atom. The third-order valence-corrected chi connectivity index (χ3v) is 4.68. The standard InChI is InChI=1S/C24H26N2O3/c1-16(2)19-11-9-17(3)13-23(19)29-15-24(27)26-25-14-18-10-12-22(28-4)21-8-6-5-7-20(18)21/h5-14,16H,15H2,1-4H3,(H,26,27). The molecule has 0 aliphatic carbocycles. The van der Waals surface area contributed by atoms with Gasteiger partial charge in [-0.3, -0.25) is 4.79 Å². The minimum Gasteiger partial charge on any atom is -0.496 e. The van der Waals surface area contributed by atoms with Crippen molar-refractivity contribution in [2.45, 2.75) is 26.7 Å². The Morgan fingerprint density at radius 1 is 1.07 bits per heavy atom. The van der Waals surface area contributed by atoms with Crippen LogP contribution in [0.25, 0.3) is 10.8 Å². The second-order valence-corrected chi connectivity index (χ2v) is 7.18. The molecule has 150 valence electrons. The van der Waals surface area contributed by atoms with Gasteiger partial charge in [-0.1, -0.05) is 50.2 Å². The molecule has 0 bridgehead atoms. The molecule has 0 saturated heterocycles. The predicted molar refractivity (Wildman–Crippen MR) is 117 cm³/mol. The highest BCUT2D eigenvalue weighted by Crippen LogP contribution is 2.28. The monoisotopic (exact) mass is 390 g/mol. The molecule has 0 aliphatic rings. The van der Waals surface area contributed by atoms with E-state index in [9.17, 15) is 4.79 Å². The topological polar surface area (TPSA) is 59.9 Å². The third-order valence-electron chi connectivity index (χ3n) is 4.68. The Hall–Kier alpha value is -3.34. The van der Waals surface area contributed by atoms with Gasteiger partial charge in [-0.15, -0.1) is 0 Å².